The van der Waals surface area contributed by atoms with Gasteiger partial charge < -0.3 is 9.52 Å². The minimum Gasteiger partial charge on any atom is -0.508 e. The maximum Gasteiger partial charge on any atom is 0.198 e. The predicted molar refractivity (Wildman–Crippen MR) is 72.8 cm³/mol. The Labute approximate surface area is 114 Å². The lowest BCUT2D eigenvalue weighted by atomic mass is 10.0. The van der Waals surface area contributed by atoms with Gasteiger partial charge in [-0.3, -0.25) is 4.79 Å². The maximum absolute atomic E-state index is 12.4. The smallest absolute Gasteiger partial charge is 0.198 e. The summed E-state index contributed by atoms with van der Waals surface area (Å²) in [5, 5.41) is 10.4. The van der Waals surface area contributed by atoms with Crippen molar-refractivity contribution >= 4 is 28.4 Å². The normalized spacial score (nSPS) is 10.8. The van der Waals surface area contributed by atoms with E-state index in [4.69, 9.17) is 16.0 Å². The molecule has 4 heteroatoms. The second kappa shape index (κ2) is 4.44. The Morgan fingerprint density at radius 2 is 1.89 bits per heavy atom. The predicted octanol–water partition coefficient (Wildman–Crippen LogP) is 4.02. The van der Waals surface area contributed by atoms with Gasteiger partial charge in [-0.05, 0) is 24.3 Å². The van der Waals surface area contributed by atoms with E-state index in [2.05, 4.69) is 0 Å². The van der Waals surface area contributed by atoms with Gasteiger partial charge in [0.05, 0.1) is 10.6 Å². The first-order valence-corrected chi connectivity index (χ1v) is 6.04. The molecule has 0 unspecified atom stereocenters. The second-order valence-electron chi connectivity index (χ2n) is 4.14. The summed E-state index contributed by atoms with van der Waals surface area (Å²) in [7, 11) is 0. The summed E-state index contributed by atoms with van der Waals surface area (Å²) >= 11 is 6.02. The van der Waals surface area contributed by atoms with Crippen LogP contribution in [-0.4, -0.2) is 10.9 Å². The number of aromatic hydroxyl groups is 1. The third-order valence-corrected chi connectivity index (χ3v) is 3.25. The SMILES string of the molecule is O=C(c1ccccc1Cl)c1coc2cc(O)ccc12. The fraction of sp³-hybridized carbons (Fsp3) is 0. The van der Waals surface area contributed by atoms with Crippen molar-refractivity contribution in [3.8, 4) is 5.75 Å². The van der Waals surface area contributed by atoms with Crippen LogP contribution in [0.25, 0.3) is 11.0 Å². The van der Waals surface area contributed by atoms with Crippen LogP contribution in [-0.2, 0) is 0 Å². The van der Waals surface area contributed by atoms with Crippen LogP contribution in [0.2, 0.25) is 5.02 Å². The lowest BCUT2D eigenvalue weighted by molar-refractivity contribution is 0.103. The highest BCUT2D eigenvalue weighted by atomic mass is 35.5. The van der Waals surface area contributed by atoms with Crippen molar-refractivity contribution in [3.05, 3.63) is 64.9 Å². The molecule has 0 saturated heterocycles. The number of ketones is 1. The molecule has 0 amide bonds. The Morgan fingerprint density at radius 3 is 2.68 bits per heavy atom. The number of rotatable bonds is 2. The average molecular weight is 273 g/mol. The first-order chi connectivity index (χ1) is 9.16. The Bertz CT molecular complexity index is 774. The molecule has 0 bridgehead atoms. The topological polar surface area (TPSA) is 50.4 Å². The number of benzene rings is 2. The van der Waals surface area contributed by atoms with Crippen LogP contribution in [0, 0.1) is 0 Å². The van der Waals surface area contributed by atoms with Crippen LogP contribution in [0.5, 0.6) is 5.75 Å². The summed E-state index contributed by atoms with van der Waals surface area (Å²) < 4.78 is 5.29. The molecule has 3 aromatic rings. The summed E-state index contributed by atoms with van der Waals surface area (Å²) in [6.45, 7) is 0. The summed E-state index contributed by atoms with van der Waals surface area (Å²) in [6.07, 6.45) is 1.38. The number of carbonyl (C=O) groups excluding carboxylic acids is 1. The molecule has 0 atom stereocenters. The number of carbonyl (C=O) groups is 1. The molecule has 0 fully saturated rings. The van der Waals surface area contributed by atoms with Gasteiger partial charge in [0.1, 0.15) is 17.6 Å². The molecule has 2 aromatic carbocycles. The lowest BCUT2D eigenvalue weighted by Crippen LogP contribution is -2.00. The number of hydrogen-bond donors (Lipinski definition) is 1. The summed E-state index contributed by atoms with van der Waals surface area (Å²) in [4.78, 5) is 12.4. The van der Waals surface area contributed by atoms with Crippen LogP contribution < -0.4 is 0 Å². The van der Waals surface area contributed by atoms with Gasteiger partial charge in [0, 0.05) is 17.0 Å². The zero-order valence-corrected chi connectivity index (χ0v) is 10.5. The van der Waals surface area contributed by atoms with Gasteiger partial charge in [0.25, 0.3) is 0 Å². The van der Waals surface area contributed by atoms with E-state index < -0.39 is 0 Å². The van der Waals surface area contributed by atoms with Gasteiger partial charge in [0.15, 0.2) is 5.78 Å². The quantitative estimate of drug-likeness (QED) is 0.717. The van der Waals surface area contributed by atoms with Gasteiger partial charge in [0.2, 0.25) is 0 Å². The Balaban J connectivity index is 2.15. The summed E-state index contributed by atoms with van der Waals surface area (Å²) in [5.41, 5.74) is 1.33. The minimum atomic E-state index is -0.199. The van der Waals surface area contributed by atoms with Crippen molar-refractivity contribution in [1.82, 2.24) is 0 Å². The van der Waals surface area contributed by atoms with E-state index in [1.54, 1.807) is 30.3 Å². The highest BCUT2D eigenvalue weighted by Crippen LogP contribution is 2.28. The molecule has 0 radical (unpaired) electrons. The van der Waals surface area contributed by atoms with E-state index >= 15 is 0 Å². The zero-order chi connectivity index (χ0) is 13.4. The van der Waals surface area contributed by atoms with Crippen LogP contribution in [0.4, 0.5) is 0 Å². The zero-order valence-electron chi connectivity index (χ0n) is 9.76. The Morgan fingerprint density at radius 1 is 1.11 bits per heavy atom. The molecule has 1 N–H and O–H groups in total. The molecule has 0 aliphatic carbocycles. The number of halogens is 1. The van der Waals surface area contributed by atoms with E-state index in [1.165, 1.54) is 18.4 Å². The largest absolute Gasteiger partial charge is 0.508 e. The molecule has 19 heavy (non-hydrogen) atoms. The first-order valence-electron chi connectivity index (χ1n) is 5.66. The van der Waals surface area contributed by atoms with Crippen molar-refractivity contribution in [2.45, 2.75) is 0 Å². The number of furan rings is 1. The van der Waals surface area contributed by atoms with Gasteiger partial charge in [-0.15, -0.1) is 0 Å². The molecular formula is C15H9ClO3. The molecule has 0 spiro atoms. The summed E-state index contributed by atoms with van der Waals surface area (Å²) in [5.74, 6) is -0.103. The second-order valence-corrected chi connectivity index (χ2v) is 4.55. The van der Waals surface area contributed by atoms with Gasteiger partial charge >= 0.3 is 0 Å². The number of hydrogen-bond acceptors (Lipinski definition) is 3. The molecule has 3 nitrogen and oxygen atoms in total. The van der Waals surface area contributed by atoms with Gasteiger partial charge in [-0.1, -0.05) is 23.7 Å². The van der Waals surface area contributed by atoms with Crippen LogP contribution >= 0.6 is 11.6 Å². The first kappa shape index (κ1) is 11.8. The average Bonchev–Trinajstić information content (AvgIpc) is 2.81. The highest BCUT2D eigenvalue weighted by molar-refractivity contribution is 6.35. The Hall–Kier alpha value is -2.26. The van der Waals surface area contributed by atoms with Crippen LogP contribution in [0.3, 0.4) is 0 Å². The van der Waals surface area contributed by atoms with Gasteiger partial charge in [-0.25, -0.2) is 0 Å². The van der Waals surface area contributed by atoms with Gasteiger partial charge in [-0.2, -0.15) is 0 Å². The monoisotopic (exact) mass is 272 g/mol. The molecular weight excluding hydrogens is 264 g/mol. The van der Waals surface area contributed by atoms with Crippen molar-refractivity contribution < 1.29 is 14.3 Å². The third kappa shape index (κ3) is 1.98. The highest BCUT2D eigenvalue weighted by Gasteiger charge is 2.17. The molecule has 0 saturated carbocycles. The maximum atomic E-state index is 12.4. The molecule has 0 aliphatic rings. The van der Waals surface area contributed by atoms with E-state index in [9.17, 15) is 9.90 Å². The van der Waals surface area contributed by atoms with Crippen molar-refractivity contribution in [3.63, 3.8) is 0 Å². The van der Waals surface area contributed by atoms with Crippen LogP contribution in [0.1, 0.15) is 15.9 Å². The molecule has 1 heterocycles. The van der Waals surface area contributed by atoms with E-state index in [-0.39, 0.29) is 11.5 Å². The van der Waals surface area contributed by atoms with Crippen molar-refractivity contribution in [2.75, 3.05) is 0 Å². The lowest BCUT2D eigenvalue weighted by Gasteiger charge is -2.01. The minimum absolute atomic E-state index is 0.0959. The van der Waals surface area contributed by atoms with Crippen molar-refractivity contribution in [2.24, 2.45) is 0 Å². The van der Waals surface area contributed by atoms with Crippen molar-refractivity contribution in [1.29, 1.82) is 0 Å². The van der Waals surface area contributed by atoms with E-state index in [1.807, 2.05) is 0 Å². The Kier molecular flexibility index (Phi) is 2.76. The van der Waals surface area contributed by atoms with E-state index in [0.29, 0.717) is 27.1 Å². The number of phenolic OH excluding ortho intramolecular Hbond substituents is 1. The number of phenols is 1. The third-order valence-electron chi connectivity index (χ3n) is 2.92. The molecule has 0 aliphatic heterocycles. The van der Waals surface area contributed by atoms with E-state index in [0.717, 1.165) is 0 Å². The molecule has 1 aromatic heterocycles. The standard InChI is InChI=1S/C15H9ClO3/c16-13-4-2-1-3-11(13)15(18)12-8-19-14-7-9(17)5-6-10(12)14/h1-8,17H. The van der Waals surface area contributed by atoms with Crippen LogP contribution in [0.15, 0.2) is 53.1 Å². The molecule has 94 valence electrons. The molecule has 3 rings (SSSR count). The fourth-order valence-corrected chi connectivity index (χ4v) is 2.20. The number of fused-ring (bicyclic) bond motifs is 1. The fourth-order valence-electron chi connectivity index (χ4n) is 1.98. The summed E-state index contributed by atoms with van der Waals surface area (Å²) in [6, 6.07) is 11.5.